The van der Waals surface area contributed by atoms with E-state index in [2.05, 4.69) is 15.6 Å². The van der Waals surface area contributed by atoms with Crippen LogP contribution >= 0.6 is 0 Å². The molecule has 166 valence electrons. The van der Waals surface area contributed by atoms with E-state index < -0.39 is 0 Å². The number of rotatable bonds is 8. The number of hydrogen-bond acceptors (Lipinski definition) is 6. The summed E-state index contributed by atoms with van der Waals surface area (Å²) >= 11 is 0. The lowest BCUT2D eigenvalue weighted by atomic mass is 9.98. The highest BCUT2D eigenvalue weighted by Gasteiger charge is 2.28. The van der Waals surface area contributed by atoms with Gasteiger partial charge in [-0.25, -0.2) is 0 Å². The smallest absolute Gasteiger partial charge is 0.273 e. The summed E-state index contributed by atoms with van der Waals surface area (Å²) in [7, 11) is 3.14. The van der Waals surface area contributed by atoms with Gasteiger partial charge in [0, 0.05) is 30.7 Å². The molecule has 0 bridgehead atoms. The average molecular weight is 428 g/mol. The van der Waals surface area contributed by atoms with E-state index in [1.807, 2.05) is 4.90 Å². The van der Waals surface area contributed by atoms with E-state index in [1.165, 1.54) is 0 Å². The van der Waals surface area contributed by atoms with E-state index in [-0.39, 0.29) is 23.9 Å². The Morgan fingerprint density at radius 3 is 2.68 bits per heavy atom. The predicted octanol–water partition coefficient (Wildman–Crippen LogP) is 2.27. The van der Waals surface area contributed by atoms with Crippen molar-refractivity contribution in [3.63, 3.8) is 0 Å². The van der Waals surface area contributed by atoms with Crippen LogP contribution in [0.25, 0.3) is 0 Å². The molecule has 0 spiro atoms. The van der Waals surface area contributed by atoms with Gasteiger partial charge in [0.05, 0.1) is 20.4 Å². The zero-order valence-electron chi connectivity index (χ0n) is 18.0. The lowest BCUT2D eigenvalue weighted by Crippen LogP contribution is -2.44. The number of hydrogen-bond donors (Lipinski definition) is 1. The van der Waals surface area contributed by atoms with Gasteiger partial charge in [-0.1, -0.05) is 5.21 Å². The van der Waals surface area contributed by atoms with E-state index in [0.717, 1.165) is 45.1 Å². The number of amides is 2. The predicted molar refractivity (Wildman–Crippen MR) is 113 cm³/mol. The van der Waals surface area contributed by atoms with Crippen molar-refractivity contribution >= 4 is 11.8 Å². The minimum absolute atomic E-state index is 0.00579. The molecule has 1 atom stereocenters. The quantitative estimate of drug-likeness (QED) is 0.694. The van der Waals surface area contributed by atoms with Crippen LogP contribution in [0.5, 0.6) is 11.5 Å². The van der Waals surface area contributed by atoms with Gasteiger partial charge in [0.2, 0.25) is 0 Å². The van der Waals surface area contributed by atoms with Crippen molar-refractivity contribution in [3.8, 4) is 11.5 Å². The number of carbonyl (C=O) groups excluding carboxylic acids is 2. The van der Waals surface area contributed by atoms with Crippen LogP contribution in [0.3, 0.4) is 0 Å². The molecule has 31 heavy (non-hydrogen) atoms. The first-order chi connectivity index (χ1) is 15.1. The summed E-state index contributed by atoms with van der Waals surface area (Å²) in [5.41, 5.74) is 0.929. The van der Waals surface area contributed by atoms with Crippen LogP contribution in [0, 0.1) is 0 Å². The van der Waals surface area contributed by atoms with E-state index >= 15 is 0 Å². The number of ether oxygens (including phenoxy) is 2. The Balaban J connectivity index is 1.40. The number of aryl methyl sites for hydroxylation is 1. The fourth-order valence-electron chi connectivity index (χ4n) is 3.98. The molecule has 2 heterocycles. The molecule has 4 rings (SSSR count). The maximum atomic E-state index is 13.2. The Labute approximate surface area is 181 Å². The Morgan fingerprint density at radius 2 is 1.94 bits per heavy atom. The number of piperidine rings is 1. The van der Waals surface area contributed by atoms with Gasteiger partial charge in [-0.05, 0) is 56.7 Å². The second-order valence-corrected chi connectivity index (χ2v) is 8.12. The van der Waals surface area contributed by atoms with Crippen molar-refractivity contribution in [2.75, 3.05) is 20.8 Å². The summed E-state index contributed by atoms with van der Waals surface area (Å²) in [5.74, 6) is 0.967. The van der Waals surface area contributed by atoms with Crippen LogP contribution in [-0.2, 0) is 6.54 Å². The molecule has 9 heteroatoms. The monoisotopic (exact) mass is 427 g/mol. The molecule has 1 N–H and O–H groups in total. The molecule has 1 unspecified atom stereocenters. The summed E-state index contributed by atoms with van der Waals surface area (Å²) in [5, 5.41) is 11.0. The normalized spacial score (nSPS) is 18.5. The van der Waals surface area contributed by atoms with Gasteiger partial charge in [-0.15, -0.1) is 5.10 Å². The van der Waals surface area contributed by atoms with Gasteiger partial charge in [0.15, 0.2) is 17.2 Å². The topological polar surface area (TPSA) is 98.6 Å². The summed E-state index contributed by atoms with van der Waals surface area (Å²) in [4.78, 5) is 27.3. The van der Waals surface area contributed by atoms with Crippen LogP contribution in [0.4, 0.5) is 0 Å². The highest BCUT2D eigenvalue weighted by atomic mass is 16.5. The largest absolute Gasteiger partial charge is 0.493 e. The SMILES string of the molecule is COc1ccc(C(=O)N2CCCCC2CCn2cc(C(=O)NC3CC3)nn2)cc1OC. The van der Waals surface area contributed by atoms with Crippen molar-refractivity contribution in [2.45, 2.75) is 57.2 Å². The molecule has 2 amide bonds. The highest BCUT2D eigenvalue weighted by molar-refractivity contribution is 5.95. The molecular weight excluding hydrogens is 398 g/mol. The number of nitrogens with one attached hydrogen (secondary N) is 1. The molecular formula is C22H29N5O4. The lowest BCUT2D eigenvalue weighted by molar-refractivity contribution is 0.0593. The van der Waals surface area contributed by atoms with Gasteiger partial charge in [-0.3, -0.25) is 14.3 Å². The Hall–Kier alpha value is -3.10. The molecule has 1 aliphatic heterocycles. The first-order valence-corrected chi connectivity index (χ1v) is 10.8. The molecule has 2 aromatic rings. The van der Waals surface area contributed by atoms with Crippen molar-refractivity contribution in [2.24, 2.45) is 0 Å². The Bertz CT molecular complexity index is 940. The van der Waals surface area contributed by atoms with Gasteiger partial charge in [-0.2, -0.15) is 0 Å². The second kappa shape index (κ2) is 9.36. The van der Waals surface area contributed by atoms with Gasteiger partial charge in [0.25, 0.3) is 11.8 Å². The molecule has 0 radical (unpaired) electrons. The van der Waals surface area contributed by atoms with Crippen molar-refractivity contribution in [1.82, 2.24) is 25.2 Å². The van der Waals surface area contributed by atoms with Gasteiger partial charge in [0.1, 0.15) is 0 Å². The fourth-order valence-corrected chi connectivity index (χ4v) is 3.98. The summed E-state index contributed by atoms with van der Waals surface area (Å²) < 4.78 is 12.3. The van der Waals surface area contributed by atoms with Crippen molar-refractivity contribution in [1.29, 1.82) is 0 Å². The van der Waals surface area contributed by atoms with Crippen molar-refractivity contribution < 1.29 is 19.1 Å². The third kappa shape index (κ3) is 4.98. The summed E-state index contributed by atoms with van der Waals surface area (Å²) in [6.07, 6.45) is 7.53. The summed E-state index contributed by atoms with van der Waals surface area (Å²) in [6, 6.07) is 5.67. The number of methoxy groups -OCH3 is 2. The zero-order valence-corrected chi connectivity index (χ0v) is 18.0. The number of aromatic nitrogens is 3. The third-order valence-corrected chi connectivity index (χ3v) is 5.89. The Kier molecular flexibility index (Phi) is 6.39. The second-order valence-electron chi connectivity index (χ2n) is 8.12. The number of nitrogens with zero attached hydrogens (tertiary/aromatic N) is 4. The van der Waals surface area contributed by atoms with Crippen LogP contribution < -0.4 is 14.8 Å². The first-order valence-electron chi connectivity index (χ1n) is 10.8. The van der Waals surface area contributed by atoms with Crippen LogP contribution in [0.15, 0.2) is 24.4 Å². The van der Waals surface area contributed by atoms with Crippen LogP contribution in [-0.4, -0.2) is 64.6 Å². The summed E-state index contributed by atoms with van der Waals surface area (Å²) in [6.45, 7) is 1.33. The van der Waals surface area contributed by atoms with Gasteiger partial charge >= 0.3 is 0 Å². The molecule has 2 aliphatic rings. The molecule has 2 fully saturated rings. The maximum absolute atomic E-state index is 13.2. The van der Waals surface area contributed by atoms with E-state index in [4.69, 9.17) is 9.47 Å². The fraction of sp³-hybridized carbons (Fsp3) is 0.545. The standard InChI is InChI=1S/C22H29N5O4/c1-30-19-9-6-15(13-20(19)31-2)22(29)27-11-4-3-5-17(27)10-12-26-14-18(24-25-26)21(28)23-16-7-8-16/h6,9,13-14,16-17H,3-5,7-8,10-12H2,1-2H3,(H,23,28). The first kappa shape index (κ1) is 21.1. The average Bonchev–Trinajstić information content (AvgIpc) is 3.49. The number of likely N-dealkylation sites (tertiary alicyclic amines) is 1. The zero-order chi connectivity index (χ0) is 21.8. The molecule has 1 aromatic carbocycles. The third-order valence-electron chi connectivity index (χ3n) is 5.89. The van der Waals surface area contributed by atoms with Gasteiger partial charge < -0.3 is 19.7 Å². The molecule has 1 aliphatic carbocycles. The highest BCUT2D eigenvalue weighted by Crippen LogP contribution is 2.29. The molecule has 9 nitrogen and oxygen atoms in total. The van der Waals surface area contributed by atoms with E-state index in [0.29, 0.717) is 29.3 Å². The Morgan fingerprint density at radius 1 is 1.13 bits per heavy atom. The van der Waals surface area contributed by atoms with Crippen LogP contribution in [0.2, 0.25) is 0 Å². The molecule has 1 aromatic heterocycles. The number of carbonyl (C=O) groups is 2. The van der Waals surface area contributed by atoms with E-state index in [1.54, 1.807) is 43.3 Å². The minimum atomic E-state index is -0.170. The van der Waals surface area contributed by atoms with Crippen molar-refractivity contribution in [3.05, 3.63) is 35.7 Å². The lowest BCUT2D eigenvalue weighted by Gasteiger charge is -2.36. The minimum Gasteiger partial charge on any atom is -0.493 e. The van der Waals surface area contributed by atoms with Crippen LogP contribution in [0.1, 0.15) is 59.4 Å². The molecule has 1 saturated heterocycles. The molecule has 1 saturated carbocycles. The number of benzene rings is 1. The van der Waals surface area contributed by atoms with E-state index in [9.17, 15) is 9.59 Å². The maximum Gasteiger partial charge on any atom is 0.273 e.